The topological polar surface area (TPSA) is 55.1 Å². The molecule has 3 nitrogen and oxygen atoms in total. The van der Waals surface area contributed by atoms with Gasteiger partial charge >= 0.3 is 0 Å². The van der Waals surface area contributed by atoms with Crippen LogP contribution in [-0.4, -0.2) is 18.5 Å². The first-order valence-electron chi connectivity index (χ1n) is 7.24. The van der Waals surface area contributed by atoms with Gasteiger partial charge < -0.3 is 11.1 Å². The zero-order chi connectivity index (χ0) is 14.4. The number of rotatable bonds is 7. The van der Waals surface area contributed by atoms with Crippen LogP contribution in [0.15, 0.2) is 0 Å². The molecule has 0 heterocycles. The Balaban J connectivity index is 4.86. The zero-order valence-electron chi connectivity index (χ0n) is 13.1. The van der Waals surface area contributed by atoms with Crippen LogP contribution in [0.1, 0.15) is 67.2 Å². The molecular weight excluding hydrogens is 224 g/mol. The fourth-order valence-electron chi connectivity index (χ4n) is 2.17. The predicted octanol–water partition coefficient (Wildman–Crippen LogP) is 3.08. The van der Waals surface area contributed by atoms with E-state index in [1.165, 1.54) is 0 Å². The minimum atomic E-state index is -0.372. The summed E-state index contributed by atoms with van der Waals surface area (Å²) in [5.41, 5.74) is 5.61. The summed E-state index contributed by atoms with van der Waals surface area (Å²) in [7, 11) is 0. The molecule has 0 aromatic heterocycles. The zero-order valence-corrected chi connectivity index (χ0v) is 13.1. The molecule has 0 bridgehead atoms. The molecule has 0 saturated heterocycles. The van der Waals surface area contributed by atoms with Gasteiger partial charge in [-0.15, -0.1) is 0 Å². The van der Waals surface area contributed by atoms with E-state index >= 15 is 0 Å². The quantitative estimate of drug-likeness (QED) is 0.735. The van der Waals surface area contributed by atoms with Gasteiger partial charge in [-0.2, -0.15) is 0 Å². The van der Waals surface area contributed by atoms with Crippen molar-refractivity contribution in [3.05, 3.63) is 0 Å². The van der Waals surface area contributed by atoms with Gasteiger partial charge in [0, 0.05) is 12.6 Å². The molecule has 0 fully saturated rings. The van der Waals surface area contributed by atoms with Crippen LogP contribution in [0.4, 0.5) is 0 Å². The van der Waals surface area contributed by atoms with E-state index in [1.54, 1.807) is 0 Å². The number of carbonyl (C=O) groups is 1. The number of hydrogen-bond donors (Lipinski definition) is 2. The first kappa shape index (κ1) is 17.4. The highest BCUT2D eigenvalue weighted by atomic mass is 16.2. The summed E-state index contributed by atoms with van der Waals surface area (Å²) in [5, 5.41) is 3.16. The van der Waals surface area contributed by atoms with Crippen LogP contribution < -0.4 is 11.1 Å². The van der Waals surface area contributed by atoms with E-state index in [9.17, 15) is 4.79 Å². The number of nitrogens with two attached hydrogens (primary N) is 1. The van der Waals surface area contributed by atoms with E-state index in [0.29, 0.717) is 6.54 Å². The fourth-order valence-corrected chi connectivity index (χ4v) is 2.17. The van der Waals surface area contributed by atoms with Gasteiger partial charge in [0.05, 0.1) is 5.41 Å². The first-order valence-corrected chi connectivity index (χ1v) is 7.24. The average molecular weight is 256 g/mol. The molecule has 1 unspecified atom stereocenters. The average Bonchev–Trinajstić information content (AvgIpc) is 2.27. The van der Waals surface area contributed by atoms with Gasteiger partial charge in [0.2, 0.25) is 5.91 Å². The standard InChI is InChI=1S/C15H32N2O/c1-7-9-15(11-16,10-8-2)13(18)17-12(3)14(4,5)6/h12H,7-11,16H2,1-6H3,(H,17,18). The maximum Gasteiger partial charge on any atom is 0.227 e. The van der Waals surface area contributed by atoms with Crippen molar-refractivity contribution in [2.75, 3.05) is 6.54 Å². The third-order valence-corrected chi connectivity index (χ3v) is 3.98. The molecule has 0 aliphatic carbocycles. The van der Waals surface area contributed by atoms with Gasteiger partial charge in [-0.05, 0) is 25.2 Å². The van der Waals surface area contributed by atoms with Crippen LogP contribution in [0.5, 0.6) is 0 Å². The van der Waals surface area contributed by atoms with Crippen molar-refractivity contribution in [3.8, 4) is 0 Å². The normalized spacial score (nSPS) is 14.4. The summed E-state index contributed by atoms with van der Waals surface area (Å²) in [5.74, 6) is 0.135. The molecule has 3 heteroatoms. The lowest BCUT2D eigenvalue weighted by atomic mass is 9.77. The highest BCUT2D eigenvalue weighted by Crippen LogP contribution is 2.30. The molecule has 0 radical (unpaired) electrons. The van der Waals surface area contributed by atoms with Gasteiger partial charge in [0.1, 0.15) is 0 Å². The third-order valence-electron chi connectivity index (χ3n) is 3.98. The lowest BCUT2D eigenvalue weighted by molar-refractivity contribution is -0.133. The van der Waals surface area contributed by atoms with Crippen LogP contribution in [0.25, 0.3) is 0 Å². The maximum absolute atomic E-state index is 12.5. The molecular formula is C15H32N2O. The second-order valence-electron chi connectivity index (χ2n) is 6.55. The van der Waals surface area contributed by atoms with E-state index in [1.807, 2.05) is 0 Å². The maximum atomic E-state index is 12.5. The molecule has 18 heavy (non-hydrogen) atoms. The van der Waals surface area contributed by atoms with Gasteiger partial charge in [-0.25, -0.2) is 0 Å². The van der Waals surface area contributed by atoms with Crippen LogP contribution in [0, 0.1) is 10.8 Å². The summed E-state index contributed by atoms with van der Waals surface area (Å²) in [6, 6.07) is 0.157. The number of hydrogen-bond acceptors (Lipinski definition) is 2. The Labute approximate surface area is 113 Å². The van der Waals surface area contributed by atoms with Crippen molar-refractivity contribution >= 4 is 5.91 Å². The Morgan fingerprint density at radius 2 is 1.61 bits per heavy atom. The fraction of sp³-hybridized carbons (Fsp3) is 0.933. The number of nitrogens with one attached hydrogen (secondary N) is 1. The van der Waals surface area contributed by atoms with Crippen molar-refractivity contribution in [2.45, 2.75) is 73.3 Å². The molecule has 0 spiro atoms. The van der Waals surface area contributed by atoms with Crippen LogP contribution in [-0.2, 0) is 4.79 Å². The van der Waals surface area contributed by atoms with E-state index in [-0.39, 0.29) is 22.8 Å². The smallest absolute Gasteiger partial charge is 0.227 e. The van der Waals surface area contributed by atoms with Crippen molar-refractivity contribution in [1.29, 1.82) is 0 Å². The number of carbonyl (C=O) groups excluding carboxylic acids is 1. The molecule has 108 valence electrons. The summed E-state index contributed by atoms with van der Waals surface area (Å²) in [4.78, 5) is 12.5. The first-order chi connectivity index (χ1) is 8.23. The molecule has 1 amide bonds. The highest BCUT2D eigenvalue weighted by Gasteiger charge is 2.37. The molecule has 0 aliphatic heterocycles. The molecule has 0 aliphatic rings. The Morgan fingerprint density at radius 1 is 1.17 bits per heavy atom. The van der Waals surface area contributed by atoms with Gasteiger partial charge in [-0.1, -0.05) is 47.5 Å². The summed E-state index contributed by atoms with van der Waals surface area (Å²) in [6.07, 6.45) is 3.74. The number of amides is 1. The Kier molecular flexibility index (Phi) is 6.90. The molecule has 1 atom stereocenters. The second kappa shape index (κ2) is 7.13. The van der Waals surface area contributed by atoms with E-state index in [0.717, 1.165) is 25.7 Å². The van der Waals surface area contributed by atoms with Gasteiger partial charge in [0.15, 0.2) is 0 Å². The summed E-state index contributed by atoms with van der Waals surface area (Å²) >= 11 is 0. The van der Waals surface area contributed by atoms with E-state index in [2.05, 4.69) is 46.9 Å². The van der Waals surface area contributed by atoms with Gasteiger partial charge in [0.25, 0.3) is 0 Å². The summed E-state index contributed by atoms with van der Waals surface area (Å²) < 4.78 is 0. The second-order valence-corrected chi connectivity index (χ2v) is 6.55. The Morgan fingerprint density at radius 3 is 1.89 bits per heavy atom. The monoisotopic (exact) mass is 256 g/mol. The minimum absolute atomic E-state index is 0.0778. The Hall–Kier alpha value is -0.570. The predicted molar refractivity (Wildman–Crippen MR) is 78.4 cm³/mol. The largest absolute Gasteiger partial charge is 0.353 e. The Bertz CT molecular complexity index is 250. The molecule has 3 N–H and O–H groups in total. The van der Waals surface area contributed by atoms with Crippen LogP contribution in [0.3, 0.4) is 0 Å². The summed E-state index contributed by atoms with van der Waals surface area (Å²) in [6.45, 7) is 13.2. The van der Waals surface area contributed by atoms with Gasteiger partial charge in [-0.3, -0.25) is 4.79 Å². The van der Waals surface area contributed by atoms with E-state index < -0.39 is 0 Å². The SMILES string of the molecule is CCCC(CN)(CCC)C(=O)NC(C)C(C)(C)C. The van der Waals surface area contributed by atoms with E-state index in [4.69, 9.17) is 5.73 Å². The lowest BCUT2D eigenvalue weighted by Crippen LogP contribution is -2.51. The minimum Gasteiger partial charge on any atom is -0.353 e. The van der Waals surface area contributed by atoms with Crippen molar-refractivity contribution in [2.24, 2.45) is 16.6 Å². The van der Waals surface area contributed by atoms with Crippen LogP contribution in [0.2, 0.25) is 0 Å². The van der Waals surface area contributed by atoms with Crippen LogP contribution >= 0.6 is 0 Å². The lowest BCUT2D eigenvalue weighted by Gasteiger charge is -2.35. The third kappa shape index (κ3) is 4.60. The molecule has 0 saturated carbocycles. The molecule has 0 rings (SSSR count). The molecule has 0 aromatic carbocycles. The highest BCUT2D eigenvalue weighted by molar-refractivity contribution is 5.83. The van der Waals surface area contributed by atoms with Crippen molar-refractivity contribution in [3.63, 3.8) is 0 Å². The van der Waals surface area contributed by atoms with Crippen molar-refractivity contribution < 1.29 is 4.79 Å². The molecule has 0 aromatic rings. The van der Waals surface area contributed by atoms with Crippen molar-refractivity contribution in [1.82, 2.24) is 5.32 Å².